The molecule has 23 heavy (non-hydrogen) atoms. The van der Waals surface area contributed by atoms with Gasteiger partial charge in [-0.3, -0.25) is 9.59 Å². The van der Waals surface area contributed by atoms with Gasteiger partial charge < -0.3 is 10.2 Å². The van der Waals surface area contributed by atoms with Gasteiger partial charge in [0.1, 0.15) is 6.04 Å². The van der Waals surface area contributed by atoms with Crippen LogP contribution in [0.15, 0.2) is 28.7 Å². The van der Waals surface area contributed by atoms with Gasteiger partial charge in [-0.1, -0.05) is 41.3 Å². The van der Waals surface area contributed by atoms with E-state index < -0.39 is 0 Å². The van der Waals surface area contributed by atoms with Crippen molar-refractivity contribution >= 4 is 27.7 Å². The molecule has 2 fully saturated rings. The van der Waals surface area contributed by atoms with Gasteiger partial charge in [0.05, 0.1) is 0 Å². The van der Waals surface area contributed by atoms with E-state index in [1.54, 1.807) is 4.90 Å². The molecule has 1 atom stereocenters. The van der Waals surface area contributed by atoms with E-state index in [0.29, 0.717) is 18.2 Å². The smallest absolute Gasteiger partial charge is 0.254 e. The van der Waals surface area contributed by atoms with Crippen molar-refractivity contribution in [2.45, 2.75) is 57.0 Å². The summed E-state index contributed by atoms with van der Waals surface area (Å²) in [6.07, 6.45) is 7.44. The highest BCUT2D eigenvalue weighted by atomic mass is 79.9. The van der Waals surface area contributed by atoms with Gasteiger partial charge in [-0.2, -0.15) is 0 Å². The molecule has 5 heteroatoms. The second-order valence-corrected chi connectivity index (χ2v) is 7.43. The van der Waals surface area contributed by atoms with Crippen molar-refractivity contribution in [3.05, 3.63) is 34.3 Å². The molecule has 2 amide bonds. The van der Waals surface area contributed by atoms with Crippen LogP contribution in [0.5, 0.6) is 0 Å². The molecule has 1 aliphatic heterocycles. The van der Waals surface area contributed by atoms with Gasteiger partial charge in [0, 0.05) is 22.6 Å². The largest absolute Gasteiger partial charge is 0.352 e. The first kappa shape index (κ1) is 16.5. The van der Waals surface area contributed by atoms with Gasteiger partial charge >= 0.3 is 0 Å². The molecule has 2 aliphatic rings. The maximum absolute atomic E-state index is 12.7. The van der Waals surface area contributed by atoms with Crippen LogP contribution < -0.4 is 5.32 Å². The van der Waals surface area contributed by atoms with Crippen LogP contribution in [-0.2, 0) is 4.79 Å². The van der Waals surface area contributed by atoms with Gasteiger partial charge in [-0.15, -0.1) is 0 Å². The molecule has 1 saturated heterocycles. The lowest BCUT2D eigenvalue weighted by Crippen LogP contribution is -2.49. The number of benzene rings is 1. The number of halogens is 1. The Bertz CT molecular complexity index is 584. The van der Waals surface area contributed by atoms with E-state index >= 15 is 0 Å². The van der Waals surface area contributed by atoms with Crippen molar-refractivity contribution in [3.63, 3.8) is 0 Å². The zero-order valence-corrected chi connectivity index (χ0v) is 14.8. The summed E-state index contributed by atoms with van der Waals surface area (Å²) in [5.74, 6) is -0.0228. The third kappa shape index (κ3) is 3.94. The summed E-state index contributed by atoms with van der Waals surface area (Å²) in [6, 6.07) is 7.35. The topological polar surface area (TPSA) is 49.4 Å². The predicted molar refractivity (Wildman–Crippen MR) is 93.2 cm³/mol. The first-order valence-corrected chi connectivity index (χ1v) is 9.31. The van der Waals surface area contributed by atoms with Gasteiger partial charge in [-0.25, -0.2) is 0 Å². The van der Waals surface area contributed by atoms with Crippen LogP contribution in [-0.4, -0.2) is 35.3 Å². The van der Waals surface area contributed by atoms with Crippen LogP contribution >= 0.6 is 15.9 Å². The fourth-order valence-electron chi connectivity index (χ4n) is 3.61. The van der Waals surface area contributed by atoms with Gasteiger partial charge in [0.15, 0.2) is 0 Å². The maximum atomic E-state index is 12.7. The lowest BCUT2D eigenvalue weighted by Gasteiger charge is -2.28. The van der Waals surface area contributed by atoms with Crippen LogP contribution in [0.25, 0.3) is 0 Å². The van der Waals surface area contributed by atoms with E-state index in [1.807, 2.05) is 24.3 Å². The van der Waals surface area contributed by atoms with E-state index in [2.05, 4.69) is 21.2 Å². The van der Waals surface area contributed by atoms with Crippen molar-refractivity contribution in [3.8, 4) is 0 Å². The Morgan fingerprint density at radius 3 is 2.61 bits per heavy atom. The minimum Gasteiger partial charge on any atom is -0.352 e. The van der Waals surface area contributed by atoms with Crippen molar-refractivity contribution in [1.82, 2.24) is 10.2 Å². The number of carbonyl (C=O) groups excluding carboxylic acids is 2. The summed E-state index contributed by atoms with van der Waals surface area (Å²) in [7, 11) is 0. The summed E-state index contributed by atoms with van der Waals surface area (Å²) in [5.41, 5.74) is 0.636. The Balaban J connectivity index is 1.67. The molecule has 124 valence electrons. The van der Waals surface area contributed by atoms with E-state index in [-0.39, 0.29) is 17.9 Å². The highest BCUT2D eigenvalue weighted by Crippen LogP contribution is 2.23. The zero-order valence-electron chi connectivity index (χ0n) is 13.3. The SMILES string of the molecule is O=C(NC1CCCCC1)[C@@H]1CCCN1C(=O)c1cccc(Br)c1. The standard InChI is InChI=1S/C18H23BrN2O2/c19-14-7-4-6-13(12-14)18(23)21-11-5-10-16(21)17(22)20-15-8-2-1-3-9-15/h4,6-7,12,15-16H,1-3,5,8-11H2,(H,20,22)/t16-/m0/s1. The third-order valence-electron chi connectivity index (χ3n) is 4.84. The quantitative estimate of drug-likeness (QED) is 0.874. The number of nitrogens with one attached hydrogen (secondary N) is 1. The second kappa shape index (κ2) is 7.47. The summed E-state index contributed by atoms with van der Waals surface area (Å²) in [5, 5.41) is 3.17. The molecule has 0 unspecified atom stereocenters. The number of amides is 2. The molecular weight excluding hydrogens is 356 g/mol. The van der Waals surface area contributed by atoms with Gasteiger partial charge in [0.25, 0.3) is 5.91 Å². The van der Waals surface area contributed by atoms with E-state index in [4.69, 9.17) is 0 Å². The van der Waals surface area contributed by atoms with Gasteiger partial charge in [-0.05, 0) is 43.9 Å². The van der Waals surface area contributed by atoms with Crippen molar-refractivity contribution in [2.75, 3.05) is 6.54 Å². The predicted octanol–water partition coefficient (Wildman–Crippen LogP) is 3.50. The van der Waals surface area contributed by atoms with Crippen molar-refractivity contribution in [2.24, 2.45) is 0 Å². The number of nitrogens with zero attached hydrogens (tertiary/aromatic N) is 1. The normalized spacial score (nSPS) is 22.1. The molecule has 1 aromatic carbocycles. The number of likely N-dealkylation sites (tertiary alicyclic amines) is 1. The number of hydrogen-bond donors (Lipinski definition) is 1. The fourth-order valence-corrected chi connectivity index (χ4v) is 4.01. The summed E-state index contributed by atoms with van der Waals surface area (Å²) in [6.45, 7) is 0.661. The Labute approximate surface area is 145 Å². The Morgan fingerprint density at radius 1 is 1.09 bits per heavy atom. The lowest BCUT2D eigenvalue weighted by molar-refractivity contribution is -0.125. The second-order valence-electron chi connectivity index (χ2n) is 6.51. The van der Waals surface area contributed by atoms with E-state index in [0.717, 1.165) is 30.2 Å². The lowest BCUT2D eigenvalue weighted by atomic mass is 9.95. The first-order chi connectivity index (χ1) is 11.1. The van der Waals surface area contributed by atoms with Crippen molar-refractivity contribution < 1.29 is 9.59 Å². The van der Waals surface area contributed by atoms with Gasteiger partial charge in [0.2, 0.25) is 5.91 Å². The zero-order chi connectivity index (χ0) is 16.2. The molecule has 1 aliphatic carbocycles. The van der Waals surface area contributed by atoms with Crippen LogP contribution in [0.3, 0.4) is 0 Å². The number of carbonyl (C=O) groups is 2. The Hall–Kier alpha value is -1.36. The monoisotopic (exact) mass is 378 g/mol. The summed E-state index contributed by atoms with van der Waals surface area (Å²) < 4.78 is 0.880. The molecule has 1 heterocycles. The van der Waals surface area contributed by atoms with Crippen LogP contribution in [0.2, 0.25) is 0 Å². The number of rotatable bonds is 3. The molecule has 4 nitrogen and oxygen atoms in total. The minimum atomic E-state index is -0.316. The first-order valence-electron chi connectivity index (χ1n) is 8.52. The third-order valence-corrected chi connectivity index (χ3v) is 5.33. The summed E-state index contributed by atoms with van der Waals surface area (Å²) in [4.78, 5) is 27.1. The van der Waals surface area contributed by atoms with Crippen LogP contribution in [0.4, 0.5) is 0 Å². The summed E-state index contributed by atoms with van der Waals surface area (Å²) >= 11 is 3.40. The molecule has 0 radical (unpaired) electrons. The molecule has 0 bridgehead atoms. The van der Waals surface area contributed by atoms with E-state index in [1.165, 1.54) is 19.3 Å². The molecule has 1 saturated carbocycles. The average molecular weight is 379 g/mol. The average Bonchev–Trinajstić information content (AvgIpc) is 3.05. The maximum Gasteiger partial charge on any atom is 0.254 e. The Morgan fingerprint density at radius 2 is 1.87 bits per heavy atom. The van der Waals surface area contributed by atoms with Crippen LogP contribution in [0, 0.1) is 0 Å². The highest BCUT2D eigenvalue weighted by molar-refractivity contribution is 9.10. The molecule has 3 rings (SSSR count). The molecule has 0 aromatic heterocycles. The molecule has 1 N–H and O–H groups in total. The van der Waals surface area contributed by atoms with E-state index in [9.17, 15) is 9.59 Å². The van der Waals surface area contributed by atoms with Crippen molar-refractivity contribution in [1.29, 1.82) is 0 Å². The highest BCUT2D eigenvalue weighted by Gasteiger charge is 2.35. The Kier molecular flexibility index (Phi) is 5.36. The molecule has 0 spiro atoms. The molecular formula is C18H23BrN2O2. The van der Waals surface area contributed by atoms with Crippen LogP contribution in [0.1, 0.15) is 55.3 Å². The minimum absolute atomic E-state index is 0.0257. The number of hydrogen-bond acceptors (Lipinski definition) is 2. The molecule has 1 aromatic rings. The fraction of sp³-hybridized carbons (Fsp3) is 0.556.